The van der Waals surface area contributed by atoms with Crippen molar-refractivity contribution in [2.45, 2.75) is 12.8 Å². The third-order valence-corrected chi connectivity index (χ3v) is 4.49. The van der Waals surface area contributed by atoms with Crippen LogP contribution in [0.3, 0.4) is 0 Å². The van der Waals surface area contributed by atoms with Gasteiger partial charge < -0.3 is 14.5 Å². The van der Waals surface area contributed by atoms with Crippen LogP contribution in [0.25, 0.3) is 0 Å². The van der Waals surface area contributed by atoms with Crippen molar-refractivity contribution in [1.82, 2.24) is 14.7 Å². The molecule has 2 aliphatic heterocycles. The summed E-state index contributed by atoms with van der Waals surface area (Å²) in [7, 11) is 3.34. The van der Waals surface area contributed by atoms with Crippen molar-refractivity contribution in [3.63, 3.8) is 0 Å². The van der Waals surface area contributed by atoms with E-state index in [-0.39, 0.29) is 18.4 Å². The molecule has 0 saturated carbocycles. The van der Waals surface area contributed by atoms with Crippen LogP contribution in [-0.4, -0.2) is 59.8 Å². The third-order valence-electron chi connectivity index (χ3n) is 4.49. The molecule has 3 heterocycles. The molecule has 2 amide bonds. The summed E-state index contributed by atoms with van der Waals surface area (Å²) in [4.78, 5) is 28.2. The molecule has 1 atom stereocenters. The maximum atomic E-state index is 12.8. The Hall–Kier alpha value is -1.89. The first-order valence-corrected chi connectivity index (χ1v) is 7.13. The van der Waals surface area contributed by atoms with E-state index in [2.05, 4.69) is 5.10 Å². The van der Waals surface area contributed by atoms with Crippen molar-refractivity contribution in [3.8, 4) is 0 Å². The Morgan fingerprint density at radius 3 is 2.86 bits per heavy atom. The molecule has 21 heavy (non-hydrogen) atoms. The Morgan fingerprint density at radius 2 is 2.19 bits per heavy atom. The first-order chi connectivity index (χ1) is 10.1. The largest absolute Gasteiger partial charge is 0.375 e. The first kappa shape index (κ1) is 14.1. The van der Waals surface area contributed by atoms with Gasteiger partial charge in [0.1, 0.15) is 6.61 Å². The minimum atomic E-state index is -0.417. The van der Waals surface area contributed by atoms with Gasteiger partial charge in [-0.05, 0) is 12.8 Å². The van der Waals surface area contributed by atoms with E-state index in [1.165, 1.54) is 7.11 Å². The van der Waals surface area contributed by atoms with Crippen LogP contribution >= 0.6 is 0 Å². The van der Waals surface area contributed by atoms with Crippen LogP contribution in [0.1, 0.15) is 12.8 Å². The molecule has 1 aromatic heterocycles. The Kier molecular flexibility index (Phi) is 3.44. The molecular formula is C14H20N4O3. The predicted molar refractivity (Wildman–Crippen MR) is 75.7 cm³/mol. The topological polar surface area (TPSA) is 67.7 Å². The number of carbonyl (C=O) groups is 2. The van der Waals surface area contributed by atoms with Gasteiger partial charge in [0.05, 0.1) is 17.3 Å². The summed E-state index contributed by atoms with van der Waals surface area (Å²) in [6, 6.07) is 0. The molecule has 0 radical (unpaired) electrons. The minimum absolute atomic E-state index is 0.0398. The maximum Gasteiger partial charge on any atom is 0.248 e. The number of methoxy groups -OCH3 is 1. The SMILES string of the molecule is COCC(=O)N1CC[C@@]2(CCN(c3cnn(C)c3)C2=O)C1. The number of likely N-dealkylation sites (tertiary alicyclic amines) is 1. The van der Waals surface area contributed by atoms with Crippen LogP contribution in [0.15, 0.2) is 12.4 Å². The average molecular weight is 292 g/mol. The fraction of sp³-hybridized carbons (Fsp3) is 0.643. The molecule has 0 bridgehead atoms. The van der Waals surface area contributed by atoms with Crippen LogP contribution in [-0.2, 0) is 21.4 Å². The number of hydrogen-bond donors (Lipinski definition) is 0. The molecule has 2 aliphatic rings. The van der Waals surface area contributed by atoms with Crippen molar-refractivity contribution >= 4 is 17.5 Å². The average Bonchev–Trinajstić information content (AvgIpc) is 3.14. The molecule has 1 spiro atoms. The van der Waals surface area contributed by atoms with Gasteiger partial charge in [0.15, 0.2) is 0 Å². The summed E-state index contributed by atoms with van der Waals surface area (Å²) in [5.41, 5.74) is 0.417. The van der Waals surface area contributed by atoms with Gasteiger partial charge in [-0.3, -0.25) is 14.3 Å². The number of ether oxygens (including phenoxy) is 1. The van der Waals surface area contributed by atoms with E-state index in [9.17, 15) is 9.59 Å². The van der Waals surface area contributed by atoms with E-state index in [0.29, 0.717) is 19.6 Å². The zero-order valence-corrected chi connectivity index (χ0v) is 12.4. The molecule has 7 heteroatoms. The zero-order chi connectivity index (χ0) is 15.0. The summed E-state index contributed by atoms with van der Waals surface area (Å²) in [6.45, 7) is 1.91. The highest BCUT2D eigenvalue weighted by molar-refractivity contribution is 6.00. The molecule has 0 aliphatic carbocycles. The Morgan fingerprint density at radius 1 is 1.43 bits per heavy atom. The fourth-order valence-corrected chi connectivity index (χ4v) is 3.29. The second-order valence-electron chi connectivity index (χ2n) is 5.86. The molecule has 1 aromatic rings. The van der Waals surface area contributed by atoms with Gasteiger partial charge in [-0.1, -0.05) is 0 Å². The highest BCUT2D eigenvalue weighted by Gasteiger charge is 2.52. The molecule has 0 N–H and O–H groups in total. The number of aryl methyl sites for hydroxylation is 1. The van der Waals surface area contributed by atoms with Gasteiger partial charge >= 0.3 is 0 Å². The fourth-order valence-electron chi connectivity index (χ4n) is 3.29. The van der Waals surface area contributed by atoms with Gasteiger partial charge in [0.2, 0.25) is 11.8 Å². The van der Waals surface area contributed by atoms with Crippen LogP contribution in [0, 0.1) is 5.41 Å². The lowest BCUT2D eigenvalue weighted by Gasteiger charge is -2.23. The summed E-state index contributed by atoms with van der Waals surface area (Å²) in [5, 5.41) is 4.12. The maximum absolute atomic E-state index is 12.8. The second-order valence-corrected chi connectivity index (χ2v) is 5.86. The van der Waals surface area contributed by atoms with Crippen molar-refractivity contribution < 1.29 is 14.3 Å². The molecule has 7 nitrogen and oxygen atoms in total. The van der Waals surface area contributed by atoms with Crippen LogP contribution in [0.2, 0.25) is 0 Å². The van der Waals surface area contributed by atoms with Crippen LogP contribution < -0.4 is 4.90 Å². The monoisotopic (exact) mass is 292 g/mol. The smallest absolute Gasteiger partial charge is 0.248 e. The van der Waals surface area contributed by atoms with Crippen molar-refractivity contribution in [1.29, 1.82) is 0 Å². The van der Waals surface area contributed by atoms with Gasteiger partial charge in [0.25, 0.3) is 0 Å². The molecule has 3 rings (SSSR count). The Bertz CT molecular complexity index is 570. The number of carbonyl (C=O) groups excluding carboxylic acids is 2. The number of aromatic nitrogens is 2. The lowest BCUT2D eigenvalue weighted by molar-refractivity contribution is -0.135. The van der Waals surface area contributed by atoms with Crippen LogP contribution in [0.5, 0.6) is 0 Å². The summed E-state index contributed by atoms with van der Waals surface area (Å²) >= 11 is 0. The van der Waals surface area contributed by atoms with E-state index < -0.39 is 5.41 Å². The van der Waals surface area contributed by atoms with Crippen molar-refractivity contribution in [2.24, 2.45) is 12.5 Å². The third kappa shape index (κ3) is 2.31. The number of amides is 2. The lowest BCUT2D eigenvalue weighted by atomic mass is 9.85. The van der Waals surface area contributed by atoms with Gasteiger partial charge in [-0.2, -0.15) is 5.10 Å². The van der Waals surface area contributed by atoms with Gasteiger partial charge in [-0.25, -0.2) is 0 Å². The zero-order valence-electron chi connectivity index (χ0n) is 12.4. The molecule has 2 fully saturated rings. The number of hydrogen-bond acceptors (Lipinski definition) is 4. The lowest BCUT2D eigenvalue weighted by Crippen LogP contribution is -2.39. The van der Waals surface area contributed by atoms with Gasteiger partial charge in [-0.15, -0.1) is 0 Å². The summed E-state index contributed by atoms with van der Waals surface area (Å²) < 4.78 is 6.58. The molecular weight excluding hydrogens is 272 g/mol. The van der Waals surface area contributed by atoms with Crippen LogP contribution in [0.4, 0.5) is 5.69 Å². The number of rotatable bonds is 3. The molecule has 114 valence electrons. The normalized spacial score (nSPS) is 25.3. The highest BCUT2D eigenvalue weighted by Crippen LogP contribution is 2.42. The molecule has 2 saturated heterocycles. The summed E-state index contributed by atoms with van der Waals surface area (Å²) in [5.74, 6) is 0.0743. The predicted octanol–water partition coefficient (Wildman–Crippen LogP) is 0.0219. The number of nitrogens with zero attached hydrogens (tertiary/aromatic N) is 4. The van der Waals surface area contributed by atoms with Crippen molar-refractivity contribution in [3.05, 3.63) is 12.4 Å². The molecule has 0 unspecified atom stereocenters. The van der Waals surface area contributed by atoms with E-state index >= 15 is 0 Å². The first-order valence-electron chi connectivity index (χ1n) is 7.13. The van der Waals surface area contributed by atoms with E-state index in [1.54, 1.807) is 20.7 Å². The highest BCUT2D eigenvalue weighted by atomic mass is 16.5. The Labute approximate surface area is 123 Å². The quantitative estimate of drug-likeness (QED) is 0.788. The van der Waals surface area contributed by atoms with E-state index in [0.717, 1.165) is 18.5 Å². The second kappa shape index (κ2) is 5.14. The van der Waals surface area contributed by atoms with E-state index in [4.69, 9.17) is 4.74 Å². The van der Waals surface area contributed by atoms with Crippen molar-refractivity contribution in [2.75, 3.05) is 38.3 Å². The van der Waals surface area contributed by atoms with Gasteiger partial charge in [0, 0.05) is 40.0 Å². The number of anilines is 1. The summed E-state index contributed by atoms with van der Waals surface area (Å²) in [6.07, 6.45) is 5.08. The minimum Gasteiger partial charge on any atom is -0.375 e. The standard InChI is InChI=1S/C14H20N4O3/c1-16-8-11(7-15-16)18-6-4-14(13(18)20)3-5-17(10-14)12(19)9-21-2/h7-8H,3-6,9-10H2,1-2H3/t14-/m1/s1. The molecule has 0 aromatic carbocycles. The Balaban J connectivity index is 1.73. The van der Waals surface area contributed by atoms with E-state index in [1.807, 2.05) is 13.2 Å².